The molecule has 3 aromatic rings. The van der Waals surface area contributed by atoms with E-state index in [0.29, 0.717) is 12.1 Å². The van der Waals surface area contributed by atoms with E-state index in [1.54, 1.807) is 0 Å². The number of primary amides is 1. The molecule has 4 nitrogen and oxygen atoms in total. The summed E-state index contributed by atoms with van der Waals surface area (Å²) < 4.78 is 0.995. The van der Waals surface area contributed by atoms with Crippen LogP contribution >= 0.6 is 0 Å². The lowest BCUT2D eigenvalue weighted by Crippen LogP contribution is -2.33. The smallest absolute Gasteiger partial charge is 0.326 e. The average Bonchev–Trinajstić information content (AvgIpc) is 2.60. The van der Waals surface area contributed by atoms with E-state index in [0.717, 1.165) is 21.3 Å². The lowest BCUT2D eigenvalue weighted by Gasteiger charge is -2.11. The number of hydrogen-bond acceptors (Lipinski definition) is 2. The number of nitrogens with zero attached hydrogens (tertiary/aromatic N) is 1. The summed E-state index contributed by atoms with van der Waals surface area (Å²) in [7, 11) is 0. The fraction of sp³-hybridized carbons (Fsp3) is 0.0500. The zero-order chi connectivity index (χ0) is 16.9. The van der Waals surface area contributed by atoms with Crippen molar-refractivity contribution in [3.63, 3.8) is 0 Å². The van der Waals surface area contributed by atoms with Gasteiger partial charge in [0, 0.05) is 18.2 Å². The molecule has 0 saturated carbocycles. The minimum Gasteiger partial charge on any atom is -0.351 e. The molecule has 0 bridgehead atoms. The normalized spacial score (nSPS) is 10.5. The van der Waals surface area contributed by atoms with Gasteiger partial charge < -0.3 is 5.73 Å². The van der Waals surface area contributed by atoms with Crippen molar-refractivity contribution in [1.29, 1.82) is 0 Å². The summed E-state index contributed by atoms with van der Waals surface area (Å²) in [6.07, 6.45) is 2.44. The standard InChI is InChI=1S/C20H17N2O2/c21-20(24)22-18(12-11-15-7-3-1-4-8-15)13-17(14-19(22)23)16-9-5-2-6-10-16/h1-10,12-14H,11H2,(H2,21,24). The van der Waals surface area contributed by atoms with Gasteiger partial charge in [0.05, 0.1) is 0 Å². The van der Waals surface area contributed by atoms with Gasteiger partial charge in [-0.05, 0) is 29.2 Å². The van der Waals surface area contributed by atoms with Crippen molar-refractivity contribution >= 4 is 6.03 Å². The van der Waals surface area contributed by atoms with Crippen molar-refractivity contribution < 1.29 is 4.79 Å². The first-order valence-corrected chi connectivity index (χ1v) is 7.64. The number of rotatable bonds is 4. The summed E-state index contributed by atoms with van der Waals surface area (Å²) in [4.78, 5) is 24.0. The Labute approximate surface area is 140 Å². The molecule has 1 heterocycles. The van der Waals surface area contributed by atoms with Crippen LogP contribution in [0.1, 0.15) is 11.3 Å². The monoisotopic (exact) mass is 317 g/mol. The summed E-state index contributed by atoms with van der Waals surface area (Å²) in [5.74, 6) is 0. The molecule has 0 aliphatic carbocycles. The molecule has 2 aromatic carbocycles. The second-order valence-electron chi connectivity index (χ2n) is 5.44. The molecule has 0 aliphatic rings. The van der Waals surface area contributed by atoms with Crippen LogP contribution in [0, 0.1) is 6.42 Å². The fourth-order valence-electron chi connectivity index (χ4n) is 2.61. The Morgan fingerprint density at radius 3 is 2.17 bits per heavy atom. The molecule has 0 atom stereocenters. The number of benzene rings is 2. The van der Waals surface area contributed by atoms with E-state index in [2.05, 4.69) is 0 Å². The Morgan fingerprint density at radius 1 is 0.917 bits per heavy atom. The summed E-state index contributed by atoms with van der Waals surface area (Å²) in [5, 5.41) is 0. The highest BCUT2D eigenvalue weighted by molar-refractivity contribution is 5.77. The van der Waals surface area contributed by atoms with Crippen molar-refractivity contribution in [3.05, 3.63) is 101 Å². The third-order valence-electron chi connectivity index (χ3n) is 3.78. The highest BCUT2D eigenvalue weighted by Crippen LogP contribution is 2.20. The molecule has 0 fully saturated rings. The second-order valence-corrected chi connectivity index (χ2v) is 5.44. The van der Waals surface area contributed by atoms with Gasteiger partial charge in [-0.3, -0.25) is 4.79 Å². The summed E-state index contributed by atoms with van der Waals surface area (Å²) in [6.45, 7) is 0. The third-order valence-corrected chi connectivity index (χ3v) is 3.78. The molecule has 0 saturated heterocycles. The number of amides is 1. The number of carbonyl (C=O) groups is 1. The van der Waals surface area contributed by atoms with Gasteiger partial charge in [-0.15, -0.1) is 0 Å². The van der Waals surface area contributed by atoms with Crippen LogP contribution in [0.2, 0.25) is 0 Å². The zero-order valence-electron chi connectivity index (χ0n) is 13.1. The fourth-order valence-corrected chi connectivity index (χ4v) is 2.61. The minimum absolute atomic E-state index is 0.428. The van der Waals surface area contributed by atoms with Crippen molar-refractivity contribution in [2.24, 2.45) is 5.73 Å². The SMILES string of the molecule is NC(=O)n1c([CH]Cc2ccccc2)cc(-c2ccccc2)cc1=O. The first kappa shape index (κ1) is 15.7. The average molecular weight is 317 g/mol. The molecule has 24 heavy (non-hydrogen) atoms. The lowest BCUT2D eigenvalue weighted by molar-refractivity contribution is 0.249. The summed E-state index contributed by atoms with van der Waals surface area (Å²) in [5.41, 5.74) is 8.22. The highest BCUT2D eigenvalue weighted by Gasteiger charge is 2.12. The van der Waals surface area contributed by atoms with E-state index in [-0.39, 0.29) is 0 Å². The number of aromatic nitrogens is 1. The van der Waals surface area contributed by atoms with Crippen LogP contribution in [-0.2, 0) is 6.42 Å². The second kappa shape index (κ2) is 6.96. The van der Waals surface area contributed by atoms with E-state index >= 15 is 0 Å². The molecule has 2 N–H and O–H groups in total. The molecule has 1 aromatic heterocycles. The van der Waals surface area contributed by atoms with Gasteiger partial charge in [-0.2, -0.15) is 0 Å². The lowest BCUT2D eigenvalue weighted by atomic mass is 10.0. The predicted molar refractivity (Wildman–Crippen MR) is 94.7 cm³/mol. The van der Waals surface area contributed by atoms with Crippen LogP contribution in [0.5, 0.6) is 0 Å². The Bertz CT molecular complexity index is 900. The molecule has 0 aliphatic heterocycles. The molecule has 119 valence electrons. The Kier molecular flexibility index (Phi) is 4.57. The quantitative estimate of drug-likeness (QED) is 0.803. The maximum absolute atomic E-state index is 12.3. The molecular weight excluding hydrogens is 300 g/mol. The van der Waals surface area contributed by atoms with Crippen LogP contribution in [0.4, 0.5) is 4.79 Å². The van der Waals surface area contributed by atoms with Crippen molar-refractivity contribution in [1.82, 2.24) is 4.57 Å². The van der Waals surface area contributed by atoms with Gasteiger partial charge in [-0.1, -0.05) is 60.7 Å². The molecule has 3 rings (SSSR count). The first-order chi connectivity index (χ1) is 11.6. The maximum Gasteiger partial charge on any atom is 0.326 e. The van der Waals surface area contributed by atoms with E-state index in [9.17, 15) is 9.59 Å². The summed E-state index contributed by atoms with van der Waals surface area (Å²) >= 11 is 0. The number of hydrogen-bond donors (Lipinski definition) is 1. The van der Waals surface area contributed by atoms with Crippen molar-refractivity contribution in [2.75, 3.05) is 0 Å². The van der Waals surface area contributed by atoms with Crippen LogP contribution < -0.4 is 11.3 Å². The van der Waals surface area contributed by atoms with E-state index in [1.165, 1.54) is 6.07 Å². The highest BCUT2D eigenvalue weighted by atomic mass is 16.2. The van der Waals surface area contributed by atoms with Gasteiger partial charge in [-0.25, -0.2) is 9.36 Å². The zero-order valence-corrected chi connectivity index (χ0v) is 13.1. The third kappa shape index (κ3) is 3.43. The van der Waals surface area contributed by atoms with Crippen molar-refractivity contribution in [2.45, 2.75) is 6.42 Å². The van der Waals surface area contributed by atoms with Gasteiger partial charge in [0.25, 0.3) is 5.56 Å². The van der Waals surface area contributed by atoms with Crippen LogP contribution in [-0.4, -0.2) is 10.6 Å². The number of carbonyl (C=O) groups excluding carboxylic acids is 1. The molecule has 4 heteroatoms. The van der Waals surface area contributed by atoms with Gasteiger partial charge in [0.1, 0.15) is 0 Å². The van der Waals surface area contributed by atoms with Crippen LogP contribution in [0.15, 0.2) is 77.6 Å². The largest absolute Gasteiger partial charge is 0.351 e. The number of pyridine rings is 1. The molecular formula is C20H17N2O2. The molecule has 1 radical (unpaired) electrons. The van der Waals surface area contributed by atoms with Gasteiger partial charge in [0.15, 0.2) is 0 Å². The number of nitrogens with two attached hydrogens (primary N) is 1. The molecule has 0 spiro atoms. The van der Waals surface area contributed by atoms with Gasteiger partial charge in [0.2, 0.25) is 0 Å². The van der Waals surface area contributed by atoms with Crippen LogP contribution in [0.3, 0.4) is 0 Å². The molecule has 1 amide bonds. The Balaban J connectivity index is 2.00. The summed E-state index contributed by atoms with van der Waals surface area (Å²) in [6, 6.07) is 21.8. The van der Waals surface area contributed by atoms with Crippen molar-refractivity contribution in [3.8, 4) is 11.1 Å². The van der Waals surface area contributed by atoms with E-state index in [4.69, 9.17) is 5.73 Å². The Morgan fingerprint density at radius 2 is 1.54 bits per heavy atom. The Hall–Kier alpha value is -3.14. The van der Waals surface area contributed by atoms with E-state index < -0.39 is 11.6 Å². The maximum atomic E-state index is 12.3. The predicted octanol–water partition coefficient (Wildman–Crippen LogP) is 3.24. The topological polar surface area (TPSA) is 65.1 Å². The minimum atomic E-state index is -0.779. The molecule has 0 unspecified atom stereocenters. The van der Waals surface area contributed by atoms with Crippen LogP contribution in [0.25, 0.3) is 11.1 Å². The first-order valence-electron chi connectivity index (χ1n) is 7.64. The van der Waals surface area contributed by atoms with E-state index in [1.807, 2.05) is 73.2 Å². The van der Waals surface area contributed by atoms with Gasteiger partial charge >= 0.3 is 6.03 Å².